The highest BCUT2D eigenvalue weighted by Gasteiger charge is 2.63. The van der Waals surface area contributed by atoms with Gasteiger partial charge in [-0.3, -0.25) is 43.9 Å². The van der Waals surface area contributed by atoms with Crippen LogP contribution in [0.1, 0.15) is 104 Å². The van der Waals surface area contributed by atoms with Gasteiger partial charge < -0.3 is 38.5 Å². The first-order valence-electron chi connectivity index (χ1n) is 24.8. The van der Waals surface area contributed by atoms with E-state index in [1.165, 1.54) is 35.8 Å². The van der Waals surface area contributed by atoms with Gasteiger partial charge in [-0.25, -0.2) is 9.59 Å². The van der Waals surface area contributed by atoms with E-state index in [9.17, 15) is 43.5 Å². The Hall–Kier alpha value is -5.06. The van der Waals surface area contributed by atoms with Crippen molar-refractivity contribution < 1.29 is 72.0 Å². The van der Waals surface area contributed by atoms with Gasteiger partial charge in [0, 0.05) is 52.8 Å². The molecule has 6 heterocycles. The van der Waals surface area contributed by atoms with Gasteiger partial charge in [0.1, 0.15) is 46.3 Å². The fourth-order valence-electron chi connectivity index (χ4n) is 10.7. The molecule has 1 aromatic carbocycles. The monoisotopic (exact) mass is 1060 g/mol. The van der Waals surface area contributed by atoms with Gasteiger partial charge in [-0.05, 0) is 109 Å². The zero-order chi connectivity index (χ0) is 53.2. The van der Waals surface area contributed by atoms with Crippen molar-refractivity contribution in [1.82, 2.24) is 20.2 Å². The average molecular weight is 1060 g/mol. The minimum absolute atomic E-state index is 0.00468. The van der Waals surface area contributed by atoms with Crippen molar-refractivity contribution in [3.8, 4) is 5.75 Å². The number of allylic oxidation sites excluding steroid dienone is 3. The molecule has 4 saturated heterocycles. The molecule has 2 N–H and O–H groups in total. The summed E-state index contributed by atoms with van der Waals surface area (Å²) >= 11 is 8.22. The average Bonchev–Trinajstić information content (AvgIpc) is 3.79. The first-order chi connectivity index (χ1) is 34.5. The summed E-state index contributed by atoms with van der Waals surface area (Å²) in [5, 5.41) is 14.6. The van der Waals surface area contributed by atoms with Crippen LogP contribution in [0.2, 0.25) is 5.02 Å². The van der Waals surface area contributed by atoms with Crippen LogP contribution in [0.3, 0.4) is 0 Å². The number of halogens is 1. The summed E-state index contributed by atoms with van der Waals surface area (Å²) in [5.74, 6) is -2.84. The fraction of sp³-hybridized carbons (Fsp3) is 0.647. The number of nitrogens with zero attached hydrogens (tertiary/aromatic N) is 4. The maximum Gasteiger partial charge on any atom is 0.409 e. The number of esters is 1. The number of amides is 6. The molecular formula is C51H68ClN5O15S. The highest BCUT2D eigenvalue weighted by atomic mass is 35.5. The SMILES string of the molecule is COc1cc2cc(c1Cl)N(C)C(=O)C[C@H](OC(=O)[C@H](C)N(C)CCCSC1CC(=O)N(CC3CCC(C(=O)ON4C(=O)CCC4=O)CC3)C1=O)[C@@]1(C)CC(C)(O1)[C@@H]1C[C@@](O)(NC(=O)O1)[C@H](OC)/C=C/C=C(\C)C2. The second-order valence-corrected chi connectivity index (χ2v) is 22.3. The molecule has 5 fully saturated rings. The Morgan fingerprint density at radius 3 is 2.34 bits per heavy atom. The summed E-state index contributed by atoms with van der Waals surface area (Å²) in [4.78, 5) is 114. The number of alkyl carbamates (subject to hydrolysis) is 1. The maximum absolute atomic E-state index is 14.4. The van der Waals surface area contributed by atoms with Crippen LogP contribution in [0.25, 0.3) is 0 Å². The molecule has 0 radical (unpaired) electrons. The Bertz CT molecular complexity index is 2390. The number of carbonyl (C=O) groups is 8. The van der Waals surface area contributed by atoms with E-state index < -0.39 is 88.2 Å². The molecule has 6 bridgehead atoms. The number of benzene rings is 1. The second kappa shape index (κ2) is 22.8. The summed E-state index contributed by atoms with van der Waals surface area (Å²) in [6.45, 7) is 7.74. The number of likely N-dealkylation sites (N-methyl/N-ethyl adjacent to an activating group) is 1. The van der Waals surface area contributed by atoms with Crippen molar-refractivity contribution in [1.29, 1.82) is 0 Å². The summed E-state index contributed by atoms with van der Waals surface area (Å²) in [6.07, 6.45) is 4.15. The number of likely N-dealkylation sites (tertiary alicyclic amines) is 1. The Balaban J connectivity index is 0.969. The number of hydrogen-bond donors (Lipinski definition) is 2. The van der Waals surface area contributed by atoms with Crippen LogP contribution < -0.4 is 15.0 Å². The van der Waals surface area contributed by atoms with Crippen molar-refractivity contribution in [2.45, 2.75) is 151 Å². The molecule has 1 saturated carbocycles. The first-order valence-corrected chi connectivity index (χ1v) is 26.3. The third-order valence-electron chi connectivity index (χ3n) is 15.1. The number of carbonyl (C=O) groups excluding carboxylic acids is 8. The molecule has 7 aliphatic rings. The molecule has 8 atom stereocenters. The van der Waals surface area contributed by atoms with E-state index in [2.05, 4.69) is 5.32 Å². The second-order valence-electron chi connectivity index (χ2n) is 20.6. The van der Waals surface area contributed by atoms with Crippen LogP contribution >= 0.6 is 23.4 Å². The topological polar surface area (TPSA) is 237 Å². The summed E-state index contributed by atoms with van der Waals surface area (Å²) in [6, 6.07) is 2.79. The molecule has 1 aliphatic carbocycles. The molecule has 400 valence electrons. The molecule has 0 spiro atoms. The summed E-state index contributed by atoms with van der Waals surface area (Å²) in [5.41, 5.74) is -2.24. The minimum Gasteiger partial charge on any atom is -0.495 e. The van der Waals surface area contributed by atoms with Gasteiger partial charge in [0.15, 0.2) is 5.72 Å². The van der Waals surface area contributed by atoms with Crippen molar-refractivity contribution in [3.63, 3.8) is 0 Å². The number of thioether (sulfide) groups is 1. The largest absolute Gasteiger partial charge is 0.495 e. The van der Waals surface area contributed by atoms with Crippen LogP contribution in [-0.4, -0.2) is 161 Å². The molecule has 73 heavy (non-hydrogen) atoms. The summed E-state index contributed by atoms with van der Waals surface area (Å²) < 4.78 is 29.9. The molecule has 8 rings (SSSR count). The number of rotatable bonds is 14. The van der Waals surface area contributed by atoms with Crippen LogP contribution in [0.5, 0.6) is 5.75 Å². The van der Waals surface area contributed by atoms with E-state index in [1.807, 2.05) is 13.0 Å². The lowest BCUT2D eigenvalue weighted by molar-refractivity contribution is -0.328. The van der Waals surface area contributed by atoms with Crippen LogP contribution in [-0.2, 0) is 63.8 Å². The molecule has 22 heteroatoms. The molecule has 1 aromatic rings. The Morgan fingerprint density at radius 2 is 1.68 bits per heavy atom. The number of fused-ring (bicyclic) bond motifs is 6. The number of hydrogen-bond acceptors (Lipinski definition) is 17. The Kier molecular flexibility index (Phi) is 17.4. The van der Waals surface area contributed by atoms with E-state index in [4.69, 9.17) is 40.1 Å². The fourth-order valence-corrected chi connectivity index (χ4v) is 12.1. The standard InChI is InChI=1S/C51H68ClN5O15S/c1-29-11-9-12-37(68-8)51(66)26-39(70-48(65)53-51)50(4)28-49(3,72-50)38(25-42(60)55(6)34-22-32(21-29)23-35(67-7)44(34)52)69-46(63)30(2)54(5)19-10-20-73-36-24-43(61)56(45(36)62)27-31-13-15-33(16-14-31)47(64)71-57-40(58)17-18-41(57)59/h9,11-12,22-23,30-31,33,36-39,66H,10,13-21,24-28H2,1-8H3,(H,53,65)/b12-9+,29-11+/t30-,31?,33?,36?,37+,38-,39-,49+,50?,51-/m0/s1. The van der Waals surface area contributed by atoms with Crippen molar-refractivity contribution in [3.05, 3.63) is 46.5 Å². The van der Waals surface area contributed by atoms with Gasteiger partial charge in [0.2, 0.25) is 17.7 Å². The summed E-state index contributed by atoms with van der Waals surface area (Å²) in [7, 11) is 6.25. The van der Waals surface area contributed by atoms with Crippen molar-refractivity contribution in [2.75, 3.05) is 52.1 Å². The van der Waals surface area contributed by atoms with E-state index in [-0.39, 0.29) is 67.8 Å². The zero-order valence-corrected chi connectivity index (χ0v) is 44.3. The Labute approximate surface area is 434 Å². The third-order valence-corrected chi connectivity index (χ3v) is 16.8. The molecule has 6 amide bonds. The van der Waals surface area contributed by atoms with E-state index >= 15 is 0 Å². The maximum atomic E-state index is 14.4. The highest BCUT2D eigenvalue weighted by Crippen LogP contribution is 2.51. The molecule has 6 aliphatic heterocycles. The molecule has 2 unspecified atom stereocenters. The number of anilines is 1. The van der Waals surface area contributed by atoms with Crippen molar-refractivity contribution >= 4 is 76.6 Å². The van der Waals surface area contributed by atoms with Gasteiger partial charge in [-0.1, -0.05) is 35.4 Å². The number of hydroxylamine groups is 2. The highest BCUT2D eigenvalue weighted by molar-refractivity contribution is 8.00. The lowest BCUT2D eigenvalue weighted by Crippen LogP contribution is -2.72. The lowest BCUT2D eigenvalue weighted by Gasteiger charge is -2.59. The number of ether oxygens (including phenoxy) is 5. The predicted molar refractivity (Wildman–Crippen MR) is 266 cm³/mol. The normalized spacial score (nSPS) is 32.6. The third kappa shape index (κ3) is 12.4. The van der Waals surface area contributed by atoms with Crippen LogP contribution in [0.15, 0.2) is 35.9 Å². The number of nitrogens with one attached hydrogen (secondary N) is 1. The minimum atomic E-state index is -1.88. The van der Waals surface area contributed by atoms with Crippen LogP contribution in [0.4, 0.5) is 10.5 Å². The molecule has 20 nitrogen and oxygen atoms in total. The van der Waals surface area contributed by atoms with Gasteiger partial charge in [0.05, 0.1) is 30.4 Å². The van der Waals surface area contributed by atoms with Gasteiger partial charge >= 0.3 is 18.0 Å². The molecule has 0 aromatic heterocycles. The van der Waals surface area contributed by atoms with E-state index in [0.29, 0.717) is 67.3 Å². The molecular weight excluding hydrogens is 990 g/mol. The van der Waals surface area contributed by atoms with Gasteiger partial charge in [-0.2, -0.15) is 0 Å². The Morgan fingerprint density at radius 1 is 1.00 bits per heavy atom. The number of methoxy groups -OCH3 is 2. The smallest absolute Gasteiger partial charge is 0.409 e. The number of aliphatic hydroxyl groups is 1. The quantitative estimate of drug-likeness (QED) is 0.145. The number of imide groups is 2. The van der Waals surface area contributed by atoms with Gasteiger partial charge in [-0.15, -0.1) is 16.8 Å². The van der Waals surface area contributed by atoms with E-state index in [1.54, 1.807) is 64.1 Å². The van der Waals surface area contributed by atoms with E-state index in [0.717, 1.165) is 11.1 Å². The predicted octanol–water partition coefficient (Wildman–Crippen LogP) is 4.80. The van der Waals surface area contributed by atoms with Crippen LogP contribution in [0, 0.1) is 11.8 Å². The van der Waals surface area contributed by atoms with Crippen molar-refractivity contribution in [2.24, 2.45) is 11.8 Å². The lowest BCUT2D eigenvalue weighted by atomic mass is 9.72. The van der Waals surface area contributed by atoms with Gasteiger partial charge in [0.25, 0.3) is 11.8 Å². The first kappa shape index (κ1) is 55.7. The zero-order valence-electron chi connectivity index (χ0n) is 42.8.